The molecular formula is C27H38N2O3. The fraction of sp³-hybridized carbons (Fsp3) is 0.519. The highest BCUT2D eigenvalue weighted by atomic mass is 16.5. The van der Waals surface area contributed by atoms with E-state index in [0.717, 1.165) is 18.5 Å². The molecule has 2 aromatic rings. The first-order valence-corrected chi connectivity index (χ1v) is 11.9. The molecule has 0 radical (unpaired) electrons. The molecular weight excluding hydrogens is 400 g/mol. The van der Waals surface area contributed by atoms with E-state index < -0.39 is 0 Å². The van der Waals surface area contributed by atoms with Gasteiger partial charge in [0.05, 0.1) is 6.61 Å². The fourth-order valence-electron chi connectivity index (χ4n) is 4.64. The molecule has 0 heterocycles. The predicted octanol–water partition coefficient (Wildman–Crippen LogP) is 5.28. The Morgan fingerprint density at radius 3 is 2.53 bits per heavy atom. The summed E-state index contributed by atoms with van der Waals surface area (Å²) in [4.78, 5) is 14.5. The smallest absolute Gasteiger partial charge is 0.260 e. The predicted molar refractivity (Wildman–Crippen MR) is 129 cm³/mol. The van der Waals surface area contributed by atoms with Crippen molar-refractivity contribution in [3.8, 4) is 11.5 Å². The first-order valence-electron chi connectivity index (χ1n) is 11.9. The third-order valence-corrected chi connectivity index (χ3v) is 5.98. The zero-order valence-corrected chi connectivity index (χ0v) is 20.2. The Labute approximate surface area is 193 Å². The molecule has 0 fully saturated rings. The van der Waals surface area contributed by atoms with Crippen LogP contribution in [0.1, 0.15) is 70.2 Å². The summed E-state index contributed by atoms with van der Waals surface area (Å²) in [5.74, 6) is 1.28. The van der Waals surface area contributed by atoms with Crippen LogP contribution in [0.5, 0.6) is 11.5 Å². The van der Waals surface area contributed by atoms with Crippen molar-refractivity contribution in [2.24, 2.45) is 0 Å². The molecule has 3 rings (SSSR count). The van der Waals surface area contributed by atoms with E-state index in [1.54, 1.807) is 0 Å². The van der Waals surface area contributed by atoms with Gasteiger partial charge in [-0.2, -0.15) is 0 Å². The molecule has 1 aliphatic rings. The number of benzene rings is 2. The lowest BCUT2D eigenvalue weighted by atomic mass is 9.87. The maximum Gasteiger partial charge on any atom is 0.260 e. The zero-order valence-electron chi connectivity index (χ0n) is 20.2. The number of aryl methyl sites for hydroxylation is 1. The van der Waals surface area contributed by atoms with E-state index in [9.17, 15) is 4.79 Å². The number of carbonyl (C=O) groups excluding carboxylic acids is 1. The van der Waals surface area contributed by atoms with Crippen LogP contribution in [0, 0.1) is 0 Å². The fourth-order valence-corrected chi connectivity index (χ4v) is 4.64. The van der Waals surface area contributed by atoms with Crippen LogP contribution < -0.4 is 14.8 Å². The summed E-state index contributed by atoms with van der Waals surface area (Å²) in [6, 6.07) is 15.4. The van der Waals surface area contributed by atoms with Gasteiger partial charge in [0.15, 0.2) is 18.1 Å². The zero-order chi connectivity index (χ0) is 23.1. The van der Waals surface area contributed by atoms with Crippen molar-refractivity contribution in [3.63, 3.8) is 0 Å². The largest absolute Gasteiger partial charge is 0.490 e. The molecule has 5 nitrogen and oxygen atoms in total. The first-order chi connectivity index (χ1) is 15.4. The van der Waals surface area contributed by atoms with Crippen LogP contribution in [0.4, 0.5) is 0 Å². The van der Waals surface area contributed by atoms with Crippen LogP contribution in [0.15, 0.2) is 42.5 Å². The van der Waals surface area contributed by atoms with Gasteiger partial charge < -0.3 is 19.7 Å². The van der Waals surface area contributed by atoms with Gasteiger partial charge >= 0.3 is 0 Å². The topological polar surface area (TPSA) is 50.8 Å². The number of carbonyl (C=O) groups is 1. The number of rotatable bonds is 10. The Balaban J connectivity index is 1.65. The van der Waals surface area contributed by atoms with Crippen LogP contribution >= 0.6 is 0 Å². The monoisotopic (exact) mass is 438 g/mol. The number of nitrogens with one attached hydrogen (secondary N) is 1. The summed E-state index contributed by atoms with van der Waals surface area (Å²) in [7, 11) is 0. The van der Waals surface area contributed by atoms with E-state index in [1.165, 1.54) is 24.0 Å². The second-order valence-electron chi connectivity index (χ2n) is 9.02. The number of hydrogen-bond donors (Lipinski definition) is 1. The molecule has 1 N–H and O–H groups in total. The van der Waals surface area contributed by atoms with Gasteiger partial charge in [-0.1, -0.05) is 30.3 Å². The second-order valence-corrected chi connectivity index (χ2v) is 9.02. The van der Waals surface area contributed by atoms with E-state index in [2.05, 4.69) is 29.6 Å². The van der Waals surface area contributed by atoms with Crippen molar-refractivity contribution in [2.45, 2.75) is 78.6 Å². The van der Waals surface area contributed by atoms with Gasteiger partial charge in [0, 0.05) is 24.7 Å². The van der Waals surface area contributed by atoms with Gasteiger partial charge in [0.2, 0.25) is 0 Å². The summed E-state index contributed by atoms with van der Waals surface area (Å²) in [5.41, 5.74) is 4.01. The molecule has 0 aromatic heterocycles. The molecule has 174 valence electrons. The number of amides is 1. The third kappa shape index (κ3) is 6.04. The summed E-state index contributed by atoms with van der Waals surface area (Å²) in [6.07, 6.45) is 3.53. The molecule has 0 unspecified atom stereocenters. The molecule has 0 saturated heterocycles. The maximum absolute atomic E-state index is 12.7. The molecule has 32 heavy (non-hydrogen) atoms. The van der Waals surface area contributed by atoms with Crippen LogP contribution in [0.3, 0.4) is 0 Å². The maximum atomic E-state index is 12.7. The van der Waals surface area contributed by atoms with Crippen molar-refractivity contribution >= 4 is 5.91 Å². The van der Waals surface area contributed by atoms with Crippen LogP contribution in [-0.4, -0.2) is 36.1 Å². The Hall–Kier alpha value is -2.53. The minimum Gasteiger partial charge on any atom is -0.490 e. The van der Waals surface area contributed by atoms with Crippen LogP contribution in [-0.2, 0) is 17.8 Å². The number of hydrogen-bond acceptors (Lipinski definition) is 4. The van der Waals surface area contributed by atoms with E-state index in [4.69, 9.17) is 9.47 Å². The van der Waals surface area contributed by atoms with Gasteiger partial charge in [-0.25, -0.2) is 0 Å². The first kappa shape index (κ1) is 24.1. The summed E-state index contributed by atoms with van der Waals surface area (Å²) < 4.78 is 11.7. The Kier molecular flexibility index (Phi) is 8.57. The molecule has 2 aromatic carbocycles. The quantitative estimate of drug-likeness (QED) is 0.549. The molecule has 0 bridgehead atoms. The normalized spacial score (nSPS) is 15.5. The van der Waals surface area contributed by atoms with E-state index >= 15 is 0 Å². The minimum atomic E-state index is -0.0147. The number of fused-ring (bicyclic) bond motifs is 1. The average Bonchev–Trinajstić information content (AvgIpc) is 2.76. The van der Waals surface area contributed by atoms with E-state index in [0.29, 0.717) is 24.1 Å². The third-order valence-electron chi connectivity index (χ3n) is 5.98. The average molecular weight is 439 g/mol. The molecule has 5 heteroatoms. The molecule has 1 amide bonds. The van der Waals surface area contributed by atoms with Crippen molar-refractivity contribution in [2.75, 3.05) is 13.2 Å². The Bertz CT molecular complexity index is 886. The van der Waals surface area contributed by atoms with Crippen molar-refractivity contribution < 1.29 is 14.3 Å². The standard InChI is InChI=1S/C27H38N2O3/c1-6-31-26-16-21(17-28-24-13-9-11-22-10-7-8-12-23(22)24)14-15-25(26)32-18-27(30)29(19(2)3)20(4)5/h7-8,10,12,14-16,19-20,24,28H,6,9,11,13,17-18H2,1-5H3/t24-/m1/s1. The van der Waals surface area contributed by atoms with Crippen LogP contribution in [0.2, 0.25) is 0 Å². The summed E-state index contributed by atoms with van der Waals surface area (Å²) in [5, 5.41) is 3.72. The van der Waals surface area contributed by atoms with Gasteiger partial charge in [-0.3, -0.25) is 4.79 Å². The summed E-state index contributed by atoms with van der Waals surface area (Å²) in [6.45, 7) is 11.4. The van der Waals surface area contributed by atoms with E-state index in [1.807, 2.05) is 57.7 Å². The minimum absolute atomic E-state index is 0.00683. The van der Waals surface area contributed by atoms with Gasteiger partial charge in [0.1, 0.15) is 0 Å². The summed E-state index contributed by atoms with van der Waals surface area (Å²) >= 11 is 0. The van der Waals surface area contributed by atoms with Crippen LogP contribution in [0.25, 0.3) is 0 Å². The lowest BCUT2D eigenvalue weighted by molar-refractivity contribution is -0.137. The molecule has 1 atom stereocenters. The lowest BCUT2D eigenvalue weighted by Crippen LogP contribution is -2.44. The number of ether oxygens (including phenoxy) is 2. The molecule has 0 saturated carbocycles. The van der Waals surface area contributed by atoms with Gasteiger partial charge in [-0.15, -0.1) is 0 Å². The second kappa shape index (κ2) is 11.4. The SMILES string of the molecule is CCOc1cc(CN[C@@H]2CCCc3ccccc32)ccc1OCC(=O)N(C(C)C)C(C)C. The Morgan fingerprint density at radius 1 is 1.06 bits per heavy atom. The van der Waals surface area contributed by atoms with Crippen molar-refractivity contribution in [1.82, 2.24) is 10.2 Å². The highest BCUT2D eigenvalue weighted by molar-refractivity contribution is 5.78. The Morgan fingerprint density at radius 2 is 1.81 bits per heavy atom. The van der Waals surface area contributed by atoms with E-state index in [-0.39, 0.29) is 24.6 Å². The molecule has 1 aliphatic carbocycles. The molecule has 0 aliphatic heterocycles. The highest BCUT2D eigenvalue weighted by Crippen LogP contribution is 2.31. The number of nitrogens with zero attached hydrogens (tertiary/aromatic N) is 1. The van der Waals surface area contributed by atoms with Crippen molar-refractivity contribution in [1.29, 1.82) is 0 Å². The lowest BCUT2D eigenvalue weighted by Gasteiger charge is -2.30. The van der Waals surface area contributed by atoms with Gasteiger partial charge in [-0.05, 0) is 82.7 Å². The van der Waals surface area contributed by atoms with Crippen molar-refractivity contribution in [3.05, 3.63) is 59.2 Å². The van der Waals surface area contributed by atoms with Gasteiger partial charge in [0.25, 0.3) is 5.91 Å². The highest BCUT2D eigenvalue weighted by Gasteiger charge is 2.22. The molecule has 0 spiro atoms.